The molecule has 0 aromatic heterocycles. The molecular formula is C45H41N. The first-order valence-electron chi connectivity index (χ1n) is 16.0. The van der Waals surface area contributed by atoms with E-state index >= 15 is 0 Å². The van der Waals surface area contributed by atoms with Crippen LogP contribution in [-0.2, 0) is 18.3 Å². The highest BCUT2D eigenvalue weighted by Gasteiger charge is 2.34. The van der Waals surface area contributed by atoms with Gasteiger partial charge in [-0.15, -0.1) is 0 Å². The van der Waals surface area contributed by atoms with Gasteiger partial charge in [0.15, 0.2) is 0 Å². The van der Waals surface area contributed by atoms with Crippen molar-refractivity contribution in [3.05, 3.63) is 197 Å². The zero-order valence-electron chi connectivity index (χ0n) is 27.1. The third-order valence-electron chi connectivity index (χ3n) is 9.11. The second-order valence-electron chi connectivity index (χ2n) is 12.6. The number of hydrogen-bond donors (Lipinski definition) is 0. The number of benzene rings is 5. The van der Waals surface area contributed by atoms with Gasteiger partial charge in [0.1, 0.15) is 0 Å². The lowest BCUT2D eigenvalue weighted by atomic mass is 9.82. The fourth-order valence-corrected chi connectivity index (χ4v) is 6.52. The summed E-state index contributed by atoms with van der Waals surface area (Å²) in [5.41, 5.74) is 17.2. The molecule has 2 aliphatic carbocycles. The number of aliphatic imine (C=N–C) groups is 1. The van der Waals surface area contributed by atoms with Gasteiger partial charge in [-0.3, -0.25) is 4.99 Å². The molecule has 0 radical (unpaired) electrons. The molecule has 0 bridgehead atoms. The summed E-state index contributed by atoms with van der Waals surface area (Å²) >= 11 is 0. The van der Waals surface area contributed by atoms with Crippen LogP contribution in [0.2, 0.25) is 0 Å². The van der Waals surface area contributed by atoms with Crippen LogP contribution in [0.25, 0.3) is 28.3 Å². The van der Waals surface area contributed by atoms with Gasteiger partial charge in [-0.1, -0.05) is 166 Å². The third kappa shape index (κ3) is 6.28. The highest BCUT2D eigenvalue weighted by Crippen LogP contribution is 2.48. The molecule has 0 saturated heterocycles. The molecule has 5 aromatic carbocycles. The summed E-state index contributed by atoms with van der Waals surface area (Å²) in [7, 11) is 0. The molecule has 0 fully saturated rings. The van der Waals surface area contributed by atoms with Crippen LogP contribution in [0.5, 0.6) is 0 Å². The monoisotopic (exact) mass is 595 g/mol. The van der Waals surface area contributed by atoms with Gasteiger partial charge in [-0.05, 0) is 75.1 Å². The predicted molar refractivity (Wildman–Crippen MR) is 199 cm³/mol. The van der Waals surface area contributed by atoms with E-state index in [9.17, 15) is 0 Å². The average Bonchev–Trinajstić information content (AvgIpc) is 3.46. The number of allylic oxidation sites excluding steroid dienone is 5. The summed E-state index contributed by atoms with van der Waals surface area (Å²) in [6.07, 6.45) is 10.1. The average molecular weight is 596 g/mol. The fraction of sp³-hybridized carbons (Fsp3) is 0.133. The van der Waals surface area contributed by atoms with E-state index in [2.05, 4.69) is 130 Å². The van der Waals surface area contributed by atoms with E-state index in [0.717, 1.165) is 18.4 Å². The van der Waals surface area contributed by atoms with Crippen molar-refractivity contribution in [1.29, 1.82) is 0 Å². The largest absolute Gasteiger partial charge is 0.260 e. The van der Waals surface area contributed by atoms with Crippen molar-refractivity contribution >= 4 is 23.4 Å². The topological polar surface area (TPSA) is 12.4 Å². The molecule has 3 aliphatic rings. The van der Waals surface area contributed by atoms with Crippen molar-refractivity contribution in [1.82, 2.24) is 0 Å². The SMILES string of the molecule is C=CC(=C)c1ccccc1CC=Cc1ccc2c(c1)C1=C(C2)N=C1.Cc1ccc2c(c1)C(C)(C)c1ccccc1-2.c1ccccc1. The Bertz CT molecular complexity index is 1970. The van der Waals surface area contributed by atoms with E-state index in [1.165, 1.54) is 66.9 Å². The van der Waals surface area contributed by atoms with Gasteiger partial charge in [0.05, 0.1) is 5.70 Å². The van der Waals surface area contributed by atoms with Gasteiger partial charge in [0.25, 0.3) is 0 Å². The Labute approximate surface area is 274 Å². The van der Waals surface area contributed by atoms with Crippen molar-refractivity contribution < 1.29 is 0 Å². The minimum atomic E-state index is 0.151. The van der Waals surface area contributed by atoms with Crippen molar-refractivity contribution in [2.45, 2.75) is 39.0 Å². The smallest absolute Gasteiger partial charge is 0.0541 e. The molecule has 1 heterocycles. The van der Waals surface area contributed by atoms with Crippen LogP contribution in [0.3, 0.4) is 0 Å². The van der Waals surface area contributed by atoms with Crippen molar-refractivity contribution in [3.63, 3.8) is 0 Å². The lowest BCUT2D eigenvalue weighted by Gasteiger charge is -2.21. The summed E-state index contributed by atoms with van der Waals surface area (Å²) in [6, 6.07) is 42.6. The maximum absolute atomic E-state index is 4.33. The maximum Gasteiger partial charge on any atom is 0.0541 e. The Morgan fingerprint density at radius 1 is 0.761 bits per heavy atom. The minimum absolute atomic E-state index is 0.151. The highest BCUT2D eigenvalue weighted by molar-refractivity contribution is 6.18. The second kappa shape index (κ2) is 13.4. The lowest BCUT2D eigenvalue weighted by molar-refractivity contribution is 0.660. The highest BCUT2D eigenvalue weighted by atomic mass is 14.8. The molecule has 1 nitrogen and oxygen atoms in total. The summed E-state index contributed by atoms with van der Waals surface area (Å²) in [5, 5.41) is 0. The van der Waals surface area contributed by atoms with E-state index < -0.39 is 0 Å². The van der Waals surface area contributed by atoms with Crippen molar-refractivity contribution in [3.8, 4) is 11.1 Å². The first-order valence-corrected chi connectivity index (χ1v) is 16.0. The predicted octanol–water partition coefficient (Wildman–Crippen LogP) is 11.5. The first-order chi connectivity index (χ1) is 22.4. The Hall–Kier alpha value is -5.27. The van der Waals surface area contributed by atoms with Crippen molar-refractivity contribution in [2.75, 3.05) is 0 Å². The molecule has 8 rings (SSSR count). The van der Waals surface area contributed by atoms with Crippen molar-refractivity contribution in [2.24, 2.45) is 4.99 Å². The molecule has 226 valence electrons. The molecular weight excluding hydrogens is 555 g/mol. The van der Waals surface area contributed by atoms with Crippen LogP contribution in [-0.4, -0.2) is 6.21 Å². The zero-order valence-corrected chi connectivity index (χ0v) is 27.1. The summed E-state index contributed by atoms with van der Waals surface area (Å²) in [5.74, 6) is 0. The molecule has 1 heteroatoms. The molecule has 0 N–H and O–H groups in total. The number of nitrogens with zero attached hydrogens (tertiary/aromatic N) is 1. The standard InChI is InChI=1S/C23H19N.C16H16.C6H6/c1-3-16(2)20-10-5-4-8-18(20)9-6-7-17-11-12-19-14-23-22(15-24-23)21(19)13-17;1-11-8-9-13-12-6-4-5-7-14(12)16(2,3)15(13)10-11;1-2-4-6-5-3-1/h3-8,10-13,15H,1-2,9,14H2;4-10H,1-3H3;1-6H. The molecule has 0 amide bonds. The van der Waals surface area contributed by atoms with Gasteiger partial charge < -0.3 is 0 Å². The van der Waals surface area contributed by atoms with Crippen LogP contribution < -0.4 is 0 Å². The van der Waals surface area contributed by atoms with Crippen LogP contribution in [0.1, 0.15) is 58.4 Å². The molecule has 46 heavy (non-hydrogen) atoms. The van der Waals surface area contributed by atoms with E-state index in [0.29, 0.717) is 0 Å². The van der Waals surface area contributed by atoms with Crippen LogP contribution >= 0.6 is 0 Å². The van der Waals surface area contributed by atoms with E-state index in [1.807, 2.05) is 54.8 Å². The van der Waals surface area contributed by atoms with E-state index in [1.54, 1.807) is 0 Å². The first kappa shape index (κ1) is 30.7. The number of hydrogen-bond acceptors (Lipinski definition) is 1. The van der Waals surface area contributed by atoms with E-state index in [-0.39, 0.29) is 5.41 Å². The van der Waals surface area contributed by atoms with Gasteiger partial charge in [0.2, 0.25) is 0 Å². The molecule has 0 atom stereocenters. The van der Waals surface area contributed by atoms with Gasteiger partial charge in [-0.2, -0.15) is 0 Å². The zero-order chi connectivity index (χ0) is 32.1. The summed E-state index contributed by atoms with van der Waals surface area (Å²) in [6.45, 7) is 14.7. The van der Waals surface area contributed by atoms with E-state index in [4.69, 9.17) is 0 Å². The molecule has 5 aromatic rings. The van der Waals surface area contributed by atoms with Gasteiger partial charge >= 0.3 is 0 Å². The third-order valence-corrected chi connectivity index (χ3v) is 9.11. The number of rotatable bonds is 5. The Balaban J connectivity index is 0.000000144. The normalized spacial score (nSPS) is 14.1. The van der Waals surface area contributed by atoms with Crippen LogP contribution in [0.15, 0.2) is 157 Å². The van der Waals surface area contributed by atoms with Gasteiger partial charge in [-0.25, -0.2) is 0 Å². The lowest BCUT2D eigenvalue weighted by Crippen LogP contribution is -2.14. The van der Waals surface area contributed by atoms with Crippen LogP contribution in [0.4, 0.5) is 0 Å². The quantitative estimate of drug-likeness (QED) is 0.179. The maximum atomic E-state index is 4.33. The number of fused-ring (bicyclic) bond motifs is 5. The Kier molecular flexibility index (Phi) is 8.94. The second-order valence-corrected chi connectivity index (χ2v) is 12.6. The van der Waals surface area contributed by atoms with Crippen LogP contribution in [0, 0.1) is 6.92 Å². The van der Waals surface area contributed by atoms with Gasteiger partial charge in [0, 0.05) is 23.6 Å². The Morgan fingerprint density at radius 3 is 2.17 bits per heavy atom. The molecule has 1 aliphatic heterocycles. The fourth-order valence-electron chi connectivity index (χ4n) is 6.52. The molecule has 0 unspecified atom stereocenters. The Morgan fingerprint density at radius 2 is 1.46 bits per heavy atom. The number of aryl methyl sites for hydroxylation is 1. The molecule has 0 saturated carbocycles. The minimum Gasteiger partial charge on any atom is -0.260 e. The molecule has 0 spiro atoms. The summed E-state index contributed by atoms with van der Waals surface area (Å²) < 4.78 is 0. The summed E-state index contributed by atoms with van der Waals surface area (Å²) in [4.78, 5) is 4.33.